The quantitative estimate of drug-likeness (QED) is 0.759. The van der Waals surface area contributed by atoms with E-state index < -0.39 is 17.9 Å². The summed E-state index contributed by atoms with van der Waals surface area (Å²) in [6, 6.07) is 3.04. The molecule has 4 heterocycles. The van der Waals surface area contributed by atoms with Crippen molar-refractivity contribution in [3.8, 4) is 0 Å². The Kier molecular flexibility index (Phi) is 5.34. The van der Waals surface area contributed by atoms with E-state index >= 15 is 0 Å². The van der Waals surface area contributed by atoms with Crippen molar-refractivity contribution in [2.24, 2.45) is 10.9 Å². The molecule has 1 amide bonds. The predicted molar refractivity (Wildman–Crippen MR) is 113 cm³/mol. The van der Waals surface area contributed by atoms with Crippen molar-refractivity contribution in [2.45, 2.75) is 50.0 Å². The molecule has 8 nitrogen and oxygen atoms in total. The van der Waals surface area contributed by atoms with Crippen LogP contribution in [-0.2, 0) is 11.0 Å². The standard InChI is InChI=1S/C22H22F3N7O/c1-12-3-4-14(20-26-7-2-8-27-20)19(28-12)21(33)32-11-13-9-15(16(32)10-13)29-18-6-5-17(30-31-18)22(23,24)25/h2-8,13-16,19H,9-11H2,1H3,(H,29,31). The Labute approximate surface area is 188 Å². The molecule has 1 saturated heterocycles. The SMILES string of the molecule is CC1=NC(C(=O)N2CC3CC(Nc4ccc(C(F)(F)F)nn4)C2C3)C(c2ncccn2)C=C1. The number of alkyl halides is 3. The van der Waals surface area contributed by atoms with E-state index in [9.17, 15) is 18.0 Å². The monoisotopic (exact) mass is 457 g/mol. The van der Waals surface area contributed by atoms with Crippen molar-refractivity contribution in [1.29, 1.82) is 0 Å². The second kappa shape index (κ2) is 8.20. The van der Waals surface area contributed by atoms with Crippen molar-refractivity contribution in [3.05, 3.63) is 54.3 Å². The largest absolute Gasteiger partial charge is 0.435 e. The van der Waals surface area contributed by atoms with Crippen molar-refractivity contribution in [2.75, 3.05) is 11.9 Å². The molecule has 2 aliphatic heterocycles. The van der Waals surface area contributed by atoms with E-state index in [0.717, 1.165) is 24.6 Å². The fraction of sp³-hybridized carbons (Fsp3) is 0.455. The Hall–Kier alpha value is -3.37. The number of likely N-dealkylation sites (tertiary alicyclic amines) is 1. The summed E-state index contributed by atoms with van der Waals surface area (Å²) < 4.78 is 38.3. The number of dihydropyridines is 1. The van der Waals surface area contributed by atoms with Crippen molar-refractivity contribution < 1.29 is 18.0 Å². The number of nitrogens with one attached hydrogen (secondary N) is 1. The zero-order valence-electron chi connectivity index (χ0n) is 17.8. The van der Waals surface area contributed by atoms with Crippen LogP contribution in [0.3, 0.4) is 0 Å². The van der Waals surface area contributed by atoms with E-state index in [1.165, 1.54) is 6.07 Å². The molecule has 1 aliphatic carbocycles. The van der Waals surface area contributed by atoms with Gasteiger partial charge in [0.05, 0.1) is 12.0 Å². The lowest BCUT2D eigenvalue weighted by atomic mass is 9.93. The number of rotatable bonds is 4. The van der Waals surface area contributed by atoms with Gasteiger partial charge in [0.2, 0.25) is 5.91 Å². The maximum Gasteiger partial charge on any atom is 0.435 e. The van der Waals surface area contributed by atoms with E-state index in [1.54, 1.807) is 18.5 Å². The highest BCUT2D eigenvalue weighted by Gasteiger charge is 2.49. The molecule has 2 fully saturated rings. The van der Waals surface area contributed by atoms with Gasteiger partial charge >= 0.3 is 6.18 Å². The zero-order chi connectivity index (χ0) is 23.2. The predicted octanol–water partition coefficient (Wildman–Crippen LogP) is 2.87. The summed E-state index contributed by atoms with van der Waals surface area (Å²) in [5, 5.41) is 10.1. The molecule has 0 radical (unpaired) electrons. The molecule has 172 valence electrons. The first-order valence-electron chi connectivity index (χ1n) is 10.8. The Bertz CT molecular complexity index is 1090. The molecule has 11 heteroatoms. The summed E-state index contributed by atoms with van der Waals surface area (Å²) in [5.41, 5.74) is -0.273. The number of fused-ring (bicyclic) bond motifs is 2. The fourth-order valence-electron chi connectivity index (χ4n) is 4.96. The van der Waals surface area contributed by atoms with Gasteiger partial charge in [-0.05, 0) is 50.0 Å². The number of aromatic nitrogens is 4. The van der Waals surface area contributed by atoms with Crippen molar-refractivity contribution >= 4 is 17.4 Å². The number of anilines is 1. The molecule has 5 rings (SSSR count). The van der Waals surface area contributed by atoms with Gasteiger partial charge in [0, 0.05) is 30.7 Å². The first-order valence-corrected chi connectivity index (χ1v) is 10.8. The lowest BCUT2D eigenvalue weighted by Gasteiger charge is -2.36. The van der Waals surface area contributed by atoms with E-state index in [1.807, 2.05) is 24.0 Å². The number of aliphatic imine (C=N–C) groups is 1. The van der Waals surface area contributed by atoms with Crippen LogP contribution in [0, 0.1) is 5.92 Å². The molecular weight excluding hydrogens is 435 g/mol. The van der Waals surface area contributed by atoms with Gasteiger partial charge in [0.15, 0.2) is 5.69 Å². The minimum atomic E-state index is -4.53. The van der Waals surface area contributed by atoms with Gasteiger partial charge in [-0.3, -0.25) is 9.79 Å². The molecule has 2 bridgehead atoms. The lowest BCUT2D eigenvalue weighted by Crippen LogP contribution is -2.52. The zero-order valence-corrected chi connectivity index (χ0v) is 17.8. The van der Waals surface area contributed by atoms with Crippen LogP contribution >= 0.6 is 0 Å². The van der Waals surface area contributed by atoms with Crippen molar-refractivity contribution in [1.82, 2.24) is 25.1 Å². The minimum Gasteiger partial charge on any atom is -0.364 e. The summed E-state index contributed by atoms with van der Waals surface area (Å²) >= 11 is 0. The van der Waals surface area contributed by atoms with Crippen LogP contribution in [0.1, 0.15) is 37.2 Å². The Morgan fingerprint density at radius 3 is 2.61 bits per heavy atom. The van der Waals surface area contributed by atoms with E-state index in [2.05, 4.69) is 30.5 Å². The minimum absolute atomic E-state index is 0.0892. The van der Waals surface area contributed by atoms with Gasteiger partial charge in [-0.15, -0.1) is 10.2 Å². The summed E-state index contributed by atoms with van der Waals surface area (Å²) in [4.78, 5) is 28.7. The first kappa shape index (κ1) is 21.5. The van der Waals surface area contributed by atoms with Gasteiger partial charge in [-0.2, -0.15) is 13.2 Å². The molecule has 2 aromatic rings. The summed E-state index contributed by atoms with van der Waals surface area (Å²) in [5.74, 6) is 0.678. The number of amides is 1. The third kappa shape index (κ3) is 4.19. The molecule has 5 atom stereocenters. The third-order valence-corrected chi connectivity index (χ3v) is 6.42. The van der Waals surface area contributed by atoms with Crippen molar-refractivity contribution in [3.63, 3.8) is 0 Å². The molecule has 1 N–H and O–H groups in total. The van der Waals surface area contributed by atoms with E-state index in [-0.39, 0.29) is 29.7 Å². The van der Waals surface area contributed by atoms with Crippen LogP contribution in [0.2, 0.25) is 0 Å². The highest BCUT2D eigenvalue weighted by molar-refractivity contribution is 5.97. The van der Waals surface area contributed by atoms with Gasteiger partial charge in [0.1, 0.15) is 17.7 Å². The molecule has 0 aromatic carbocycles. The highest BCUT2D eigenvalue weighted by atomic mass is 19.4. The number of piperidine rings is 1. The fourth-order valence-corrected chi connectivity index (χ4v) is 4.96. The smallest absolute Gasteiger partial charge is 0.364 e. The van der Waals surface area contributed by atoms with Gasteiger partial charge in [0.25, 0.3) is 0 Å². The number of allylic oxidation sites excluding steroid dienone is 1. The number of hydrogen-bond donors (Lipinski definition) is 1. The van der Waals surface area contributed by atoms with Crippen LogP contribution in [0.15, 0.2) is 47.7 Å². The Balaban J connectivity index is 1.33. The molecule has 2 aromatic heterocycles. The van der Waals surface area contributed by atoms with Gasteiger partial charge in [-0.25, -0.2) is 9.97 Å². The molecule has 1 saturated carbocycles. The molecule has 33 heavy (non-hydrogen) atoms. The third-order valence-electron chi connectivity index (χ3n) is 6.42. The molecular formula is C22H22F3N7O. The van der Waals surface area contributed by atoms with Gasteiger partial charge in [-0.1, -0.05) is 6.08 Å². The summed E-state index contributed by atoms with van der Waals surface area (Å²) in [6.07, 6.45) is 4.19. The van der Waals surface area contributed by atoms with Crippen LogP contribution in [-0.4, -0.2) is 61.4 Å². The average Bonchev–Trinajstić information content (AvgIpc) is 3.39. The molecule has 5 unspecified atom stereocenters. The highest BCUT2D eigenvalue weighted by Crippen LogP contribution is 2.40. The second-order valence-corrected chi connectivity index (χ2v) is 8.65. The topological polar surface area (TPSA) is 96.3 Å². The molecule has 0 spiro atoms. The van der Waals surface area contributed by atoms with Crippen LogP contribution in [0.4, 0.5) is 19.0 Å². The number of halogens is 3. The normalized spacial score (nSPS) is 28.7. The van der Waals surface area contributed by atoms with E-state index in [0.29, 0.717) is 18.3 Å². The number of nitrogens with zero attached hydrogens (tertiary/aromatic N) is 6. The van der Waals surface area contributed by atoms with Crippen LogP contribution < -0.4 is 5.32 Å². The van der Waals surface area contributed by atoms with Crippen LogP contribution in [0.5, 0.6) is 0 Å². The summed E-state index contributed by atoms with van der Waals surface area (Å²) in [7, 11) is 0. The number of hydrogen-bond acceptors (Lipinski definition) is 7. The number of carbonyl (C=O) groups excluding carboxylic acids is 1. The Morgan fingerprint density at radius 1 is 1.15 bits per heavy atom. The molecule has 3 aliphatic rings. The first-order chi connectivity index (χ1) is 15.8. The maximum atomic E-state index is 13.6. The lowest BCUT2D eigenvalue weighted by molar-refractivity contribution is -0.141. The number of carbonyl (C=O) groups is 1. The van der Waals surface area contributed by atoms with Crippen LogP contribution in [0.25, 0.3) is 0 Å². The van der Waals surface area contributed by atoms with Gasteiger partial charge < -0.3 is 10.2 Å². The maximum absolute atomic E-state index is 13.6. The van der Waals surface area contributed by atoms with E-state index in [4.69, 9.17) is 0 Å². The second-order valence-electron chi connectivity index (χ2n) is 8.65. The Morgan fingerprint density at radius 2 is 1.94 bits per heavy atom. The average molecular weight is 457 g/mol. The summed E-state index contributed by atoms with van der Waals surface area (Å²) in [6.45, 7) is 2.49.